The molecule has 8 rings (SSSR count). The van der Waals surface area contributed by atoms with Crippen molar-refractivity contribution in [1.82, 2.24) is 28.8 Å². The number of nitrogens with one attached hydrogen (secondary N) is 2. The average molecular weight is 796 g/mol. The van der Waals surface area contributed by atoms with Crippen LogP contribution in [0, 0.1) is 25.5 Å². The first-order valence-electron chi connectivity index (χ1n) is 19.7. The lowest BCUT2D eigenvalue weighted by atomic mass is 9.91. The molecule has 5 heterocycles. The number of aryl methyl sites for hydroxylation is 2. The predicted molar refractivity (Wildman–Crippen MR) is 220 cm³/mol. The number of carbonyl (C=O) groups excluding carboxylic acids is 1. The number of carbonyl (C=O) groups is 1. The van der Waals surface area contributed by atoms with Crippen molar-refractivity contribution in [3.8, 4) is 17.2 Å². The number of imidazole rings is 1. The van der Waals surface area contributed by atoms with Crippen LogP contribution in [0.2, 0.25) is 0 Å². The lowest BCUT2D eigenvalue weighted by Crippen LogP contribution is -2.39. The van der Waals surface area contributed by atoms with Crippen LogP contribution in [-0.4, -0.2) is 73.8 Å². The Morgan fingerprint density at radius 3 is 2.39 bits per heavy atom. The van der Waals surface area contributed by atoms with E-state index in [0.717, 1.165) is 37.0 Å². The number of rotatable bonds is 9. The zero-order valence-corrected chi connectivity index (χ0v) is 34.1. The fourth-order valence-corrected chi connectivity index (χ4v) is 10.7. The van der Waals surface area contributed by atoms with Crippen LogP contribution in [0.25, 0.3) is 28.1 Å². The molecule has 3 aromatic heterocycles. The van der Waals surface area contributed by atoms with Gasteiger partial charge in [-0.2, -0.15) is 5.10 Å². The second-order valence-electron chi connectivity index (χ2n) is 15.2. The summed E-state index contributed by atoms with van der Waals surface area (Å²) in [5.74, 6) is -0.420. The molecule has 14 heteroatoms. The molecule has 2 N–H and O–H groups in total. The molecule has 2 aliphatic rings. The third kappa shape index (κ3) is 6.54. The van der Waals surface area contributed by atoms with Crippen LogP contribution in [-0.2, 0) is 15.7 Å². The maximum absolute atomic E-state index is 16.1. The standard InChI is InChI=1S/C43H48F2N7O4P/c1-7-57(55,8-2)38-23-32(44)37(24-35(38)46-6)50-15-16-51(43(50)54)41-39-27(5)49(14-11-34(39)48-52(41)31-19-25(3)40(45)26(4)20-31)42(53)36-22-30-21-29(9-10-33(30)47-36)28-12-17-56-18-13-28/h9-10,15-16,19-24,27-28,46-47H,7-8,11-14,17-18H2,1-6H3/t27-/m0/s1. The van der Waals surface area contributed by atoms with E-state index >= 15 is 4.39 Å². The van der Waals surface area contributed by atoms with Crippen LogP contribution >= 0.6 is 7.14 Å². The molecule has 57 heavy (non-hydrogen) atoms. The Morgan fingerprint density at radius 1 is 1.00 bits per heavy atom. The maximum Gasteiger partial charge on any atom is 0.338 e. The monoisotopic (exact) mass is 795 g/mol. The van der Waals surface area contributed by atoms with Gasteiger partial charge in [0.1, 0.15) is 30.3 Å². The van der Waals surface area contributed by atoms with E-state index in [4.69, 9.17) is 9.84 Å². The Morgan fingerprint density at radius 2 is 1.70 bits per heavy atom. The Bertz CT molecular complexity index is 2620. The van der Waals surface area contributed by atoms with Crippen molar-refractivity contribution in [3.63, 3.8) is 0 Å². The Hall–Kier alpha value is -5.26. The number of halogens is 2. The van der Waals surface area contributed by atoms with E-state index in [0.29, 0.717) is 81.8 Å². The van der Waals surface area contributed by atoms with Crippen molar-refractivity contribution in [2.24, 2.45) is 0 Å². The summed E-state index contributed by atoms with van der Waals surface area (Å²) in [6.07, 6.45) is 6.13. The molecule has 0 unspecified atom stereocenters. The van der Waals surface area contributed by atoms with E-state index in [9.17, 15) is 18.5 Å². The molecule has 0 bridgehead atoms. The predicted octanol–water partition coefficient (Wildman–Crippen LogP) is 7.91. The van der Waals surface area contributed by atoms with Crippen LogP contribution in [0.1, 0.15) is 84.0 Å². The lowest BCUT2D eigenvalue weighted by Gasteiger charge is -2.33. The van der Waals surface area contributed by atoms with Crippen LogP contribution < -0.4 is 16.3 Å². The molecule has 1 saturated heterocycles. The van der Waals surface area contributed by atoms with Gasteiger partial charge in [0, 0.05) is 85.4 Å². The molecule has 0 saturated carbocycles. The summed E-state index contributed by atoms with van der Waals surface area (Å²) in [4.78, 5) is 34.1. The number of fused-ring (bicyclic) bond motifs is 2. The minimum atomic E-state index is -2.87. The molecule has 1 fully saturated rings. The van der Waals surface area contributed by atoms with Crippen molar-refractivity contribution in [1.29, 1.82) is 0 Å². The summed E-state index contributed by atoms with van der Waals surface area (Å²) < 4.78 is 54.5. The van der Waals surface area contributed by atoms with Gasteiger partial charge in [-0.15, -0.1) is 0 Å². The van der Waals surface area contributed by atoms with Gasteiger partial charge in [0.05, 0.1) is 23.1 Å². The molecule has 2 aliphatic heterocycles. The Balaban J connectivity index is 1.23. The van der Waals surface area contributed by atoms with Gasteiger partial charge in [-0.25, -0.2) is 18.3 Å². The van der Waals surface area contributed by atoms with E-state index in [2.05, 4.69) is 22.4 Å². The highest BCUT2D eigenvalue weighted by atomic mass is 31.2. The van der Waals surface area contributed by atoms with Crippen LogP contribution in [0.3, 0.4) is 0 Å². The first-order valence-corrected chi connectivity index (χ1v) is 21.8. The maximum atomic E-state index is 16.1. The number of hydrogen-bond donors (Lipinski definition) is 2. The van der Waals surface area contributed by atoms with Crippen molar-refractivity contribution in [2.45, 2.75) is 65.8 Å². The number of nitrogens with zero attached hydrogens (tertiary/aromatic N) is 5. The van der Waals surface area contributed by atoms with Crippen LogP contribution in [0.5, 0.6) is 0 Å². The summed E-state index contributed by atoms with van der Waals surface area (Å²) in [7, 11) is -1.19. The number of anilines is 1. The van der Waals surface area contributed by atoms with Crippen LogP contribution in [0.4, 0.5) is 14.5 Å². The lowest BCUT2D eigenvalue weighted by molar-refractivity contribution is 0.0672. The molecule has 1 amide bonds. The molecule has 298 valence electrons. The Labute approximate surface area is 330 Å². The number of ether oxygens (including phenoxy) is 1. The normalized spacial score (nSPS) is 16.4. The van der Waals surface area contributed by atoms with E-state index < -0.39 is 24.7 Å². The van der Waals surface area contributed by atoms with Gasteiger partial charge in [0.15, 0.2) is 0 Å². The number of amides is 1. The smallest absolute Gasteiger partial charge is 0.338 e. The SMILES string of the molecule is CCP(=O)(CC)c1cc(F)c(-n2ccn(-c3c4c(nn3-c3cc(C)c(F)c(C)c3)CCN(C(=O)c3cc5cc(C6CCOCC6)ccc5[nH]3)[C@H]4C)c2=O)cc1NC. The summed E-state index contributed by atoms with van der Waals surface area (Å²) in [5, 5.41) is 9.43. The van der Waals surface area contributed by atoms with Crippen molar-refractivity contribution in [2.75, 3.05) is 44.4 Å². The zero-order valence-electron chi connectivity index (χ0n) is 33.2. The third-order valence-corrected chi connectivity index (χ3v) is 15.3. The minimum absolute atomic E-state index is 0.0114. The quantitative estimate of drug-likeness (QED) is 0.144. The first-order chi connectivity index (χ1) is 27.4. The average Bonchev–Trinajstić information content (AvgIpc) is 3.94. The summed E-state index contributed by atoms with van der Waals surface area (Å²) in [6, 6.07) is 13.8. The highest BCUT2D eigenvalue weighted by Gasteiger charge is 2.36. The number of aromatic amines is 1. The van der Waals surface area contributed by atoms with Gasteiger partial charge in [0.2, 0.25) is 0 Å². The minimum Gasteiger partial charge on any atom is -0.387 e. The van der Waals surface area contributed by atoms with Crippen molar-refractivity contribution >= 4 is 34.9 Å². The Kier molecular flexibility index (Phi) is 10.1. The second-order valence-corrected chi connectivity index (χ2v) is 18.8. The highest BCUT2D eigenvalue weighted by Crippen LogP contribution is 2.46. The van der Waals surface area contributed by atoms with Gasteiger partial charge in [-0.1, -0.05) is 19.9 Å². The van der Waals surface area contributed by atoms with E-state index in [1.54, 1.807) is 48.8 Å². The molecular weight excluding hydrogens is 747 g/mol. The van der Waals surface area contributed by atoms with E-state index in [1.165, 1.54) is 33.0 Å². The molecule has 11 nitrogen and oxygen atoms in total. The highest BCUT2D eigenvalue weighted by molar-refractivity contribution is 7.71. The summed E-state index contributed by atoms with van der Waals surface area (Å²) >= 11 is 0. The fraction of sp³-hybridized carbons (Fsp3) is 0.372. The van der Waals surface area contributed by atoms with Gasteiger partial charge >= 0.3 is 5.69 Å². The number of hydrogen-bond acceptors (Lipinski definition) is 6. The van der Waals surface area contributed by atoms with E-state index in [-0.39, 0.29) is 17.4 Å². The zero-order chi connectivity index (χ0) is 40.3. The first kappa shape index (κ1) is 38.6. The number of H-pyrrole nitrogens is 1. The summed E-state index contributed by atoms with van der Waals surface area (Å²) in [6.45, 7) is 10.8. The number of benzene rings is 3. The summed E-state index contributed by atoms with van der Waals surface area (Å²) in [5.41, 5.74) is 5.18. The van der Waals surface area contributed by atoms with Gasteiger partial charge in [-0.3, -0.25) is 13.9 Å². The second kappa shape index (κ2) is 14.9. The van der Waals surface area contributed by atoms with E-state index in [1.807, 2.05) is 32.9 Å². The molecule has 1 atom stereocenters. The largest absolute Gasteiger partial charge is 0.387 e. The fourth-order valence-electron chi connectivity index (χ4n) is 8.65. The third-order valence-electron chi connectivity index (χ3n) is 12.0. The van der Waals surface area contributed by atoms with Crippen LogP contribution in [0.15, 0.2) is 65.7 Å². The molecule has 0 aliphatic carbocycles. The van der Waals surface area contributed by atoms with Gasteiger partial charge < -0.3 is 24.5 Å². The van der Waals surface area contributed by atoms with Crippen molar-refractivity contribution in [3.05, 3.63) is 117 Å². The number of aromatic nitrogens is 5. The molecular formula is C43H48F2N7O4P. The molecule has 3 aromatic carbocycles. The topological polar surface area (TPSA) is 119 Å². The molecule has 6 aromatic rings. The van der Waals surface area contributed by atoms with Gasteiger partial charge in [0.25, 0.3) is 5.91 Å². The molecule has 0 spiro atoms. The molecule has 0 radical (unpaired) electrons. The van der Waals surface area contributed by atoms with Gasteiger partial charge in [-0.05, 0) is 98.7 Å². The van der Waals surface area contributed by atoms with Crippen molar-refractivity contribution < 1.29 is 22.9 Å².